The number of halogens is 1. The number of sulfonamides is 1. The molecule has 1 saturated carbocycles. The third kappa shape index (κ3) is 4.78. The number of thiophene rings is 1. The molecule has 4 rings (SSSR count). The van der Waals surface area contributed by atoms with E-state index >= 15 is 0 Å². The van der Waals surface area contributed by atoms with E-state index < -0.39 is 49.7 Å². The summed E-state index contributed by atoms with van der Waals surface area (Å²) in [5.41, 5.74) is -1.95. The number of carbonyl (C=O) groups excluding carboxylic acids is 1. The Hall–Kier alpha value is -3.15. The number of nitro benzene ring substituents is 1. The zero-order valence-corrected chi connectivity index (χ0v) is 21.7. The van der Waals surface area contributed by atoms with Crippen LogP contribution in [0.5, 0.6) is 0 Å². The Morgan fingerprint density at radius 1 is 1.14 bits per heavy atom. The Morgan fingerprint density at radius 3 is 2.42 bits per heavy atom. The summed E-state index contributed by atoms with van der Waals surface area (Å²) in [6.07, 6.45) is 0. The Labute approximate surface area is 212 Å². The quantitative estimate of drug-likeness (QED) is 0.252. The minimum atomic E-state index is -4.26. The van der Waals surface area contributed by atoms with E-state index in [1.54, 1.807) is 27.7 Å². The third-order valence-corrected chi connectivity index (χ3v) is 9.16. The normalized spacial score (nSPS) is 21.7. The fourth-order valence-corrected chi connectivity index (χ4v) is 7.18. The first-order valence-corrected chi connectivity index (χ1v) is 13.4. The van der Waals surface area contributed by atoms with Crippen LogP contribution in [0.1, 0.15) is 39.2 Å². The van der Waals surface area contributed by atoms with Gasteiger partial charge in [0.1, 0.15) is 21.2 Å². The van der Waals surface area contributed by atoms with E-state index in [9.17, 15) is 27.7 Å². The Morgan fingerprint density at radius 2 is 1.81 bits per heavy atom. The summed E-state index contributed by atoms with van der Waals surface area (Å²) in [4.78, 5) is 24.3. The van der Waals surface area contributed by atoms with Crippen LogP contribution in [0.2, 0.25) is 0 Å². The van der Waals surface area contributed by atoms with Crippen LogP contribution in [0, 0.1) is 21.8 Å². The van der Waals surface area contributed by atoms with E-state index in [4.69, 9.17) is 4.74 Å². The predicted octanol–water partition coefficient (Wildman–Crippen LogP) is 5.25. The van der Waals surface area contributed by atoms with Crippen LogP contribution in [0.15, 0.2) is 64.9 Å². The summed E-state index contributed by atoms with van der Waals surface area (Å²) in [5.74, 6) is -2.22. The van der Waals surface area contributed by atoms with Gasteiger partial charge in [-0.1, -0.05) is 37.3 Å². The molecule has 11 heteroatoms. The molecule has 1 aliphatic rings. The lowest BCUT2D eigenvalue weighted by molar-refractivity contribution is -0.384. The Bertz CT molecular complexity index is 1430. The SMILES string of the molecule is C[C@@H]1[C@H](c2ccccc2)[C@]1(NS(=O)(=O)c1ccc(-c2cc(F)ccc2[N+](=O)[O-])s1)C(=O)OC(C)(C)C. The highest BCUT2D eigenvalue weighted by molar-refractivity contribution is 7.91. The zero-order chi connectivity index (χ0) is 26.5. The van der Waals surface area contributed by atoms with E-state index in [-0.39, 0.29) is 20.3 Å². The lowest BCUT2D eigenvalue weighted by Crippen LogP contribution is -2.48. The van der Waals surface area contributed by atoms with Crippen molar-refractivity contribution in [3.8, 4) is 10.4 Å². The molecule has 0 bridgehead atoms. The van der Waals surface area contributed by atoms with Crippen molar-refractivity contribution >= 4 is 33.0 Å². The zero-order valence-electron chi connectivity index (χ0n) is 20.0. The van der Waals surface area contributed by atoms with Crippen LogP contribution >= 0.6 is 11.3 Å². The van der Waals surface area contributed by atoms with E-state index in [1.165, 1.54) is 12.1 Å². The molecule has 0 radical (unpaired) electrons. The first kappa shape index (κ1) is 25.9. The fourth-order valence-electron chi connectivity index (χ4n) is 4.39. The molecule has 36 heavy (non-hydrogen) atoms. The molecular formula is C25H25FN2O6S2. The summed E-state index contributed by atoms with van der Waals surface area (Å²) >= 11 is 0.751. The maximum absolute atomic E-state index is 13.8. The Kier molecular flexibility index (Phi) is 6.52. The molecule has 0 amide bonds. The third-order valence-electron chi connectivity index (χ3n) is 6.07. The summed E-state index contributed by atoms with van der Waals surface area (Å²) < 4.78 is 48.9. The van der Waals surface area contributed by atoms with Gasteiger partial charge in [-0.05, 0) is 56.5 Å². The number of nitrogens with zero attached hydrogens (tertiary/aromatic N) is 1. The largest absolute Gasteiger partial charge is 0.459 e. The predicted molar refractivity (Wildman–Crippen MR) is 134 cm³/mol. The molecule has 0 unspecified atom stereocenters. The van der Waals surface area contributed by atoms with Crippen LogP contribution in [0.4, 0.5) is 10.1 Å². The van der Waals surface area contributed by atoms with E-state index in [0.29, 0.717) is 0 Å². The van der Waals surface area contributed by atoms with Crippen molar-refractivity contribution in [3.63, 3.8) is 0 Å². The van der Waals surface area contributed by atoms with Gasteiger partial charge < -0.3 is 4.74 Å². The van der Waals surface area contributed by atoms with Crippen LogP contribution < -0.4 is 4.72 Å². The van der Waals surface area contributed by atoms with Crippen molar-refractivity contribution in [1.82, 2.24) is 4.72 Å². The molecule has 8 nitrogen and oxygen atoms in total. The van der Waals surface area contributed by atoms with Crippen molar-refractivity contribution in [2.24, 2.45) is 5.92 Å². The van der Waals surface area contributed by atoms with E-state index in [0.717, 1.165) is 35.1 Å². The van der Waals surface area contributed by atoms with Crippen LogP contribution in [-0.4, -0.2) is 30.5 Å². The number of esters is 1. The Balaban J connectivity index is 1.72. The average molecular weight is 533 g/mol. The summed E-state index contributed by atoms with van der Waals surface area (Å²) in [5, 5.41) is 11.4. The standard InChI is InChI=1S/C25H25FN2O6S2/c1-15-22(16-8-6-5-7-9-16)25(15,23(29)34-24(2,3)4)27-36(32,33)21-13-12-20(35-21)18-14-17(26)10-11-19(18)28(30)31/h5-15,22,27H,1-4H3/t15-,22-,25+/m1/s1. The molecule has 1 fully saturated rings. The molecule has 3 aromatic rings. The molecule has 2 aromatic carbocycles. The van der Waals surface area contributed by atoms with Crippen molar-refractivity contribution in [1.29, 1.82) is 0 Å². The number of hydrogen-bond acceptors (Lipinski definition) is 7. The minimum absolute atomic E-state index is 0.0322. The molecule has 1 aromatic heterocycles. The van der Waals surface area contributed by atoms with Gasteiger partial charge >= 0.3 is 5.97 Å². The van der Waals surface area contributed by atoms with Crippen LogP contribution in [0.25, 0.3) is 10.4 Å². The van der Waals surface area contributed by atoms with Crippen LogP contribution in [-0.2, 0) is 19.6 Å². The molecule has 3 atom stereocenters. The van der Waals surface area contributed by atoms with Crippen molar-refractivity contribution in [2.75, 3.05) is 0 Å². The maximum atomic E-state index is 13.8. The molecule has 190 valence electrons. The molecule has 1 aliphatic carbocycles. The highest BCUT2D eigenvalue weighted by atomic mass is 32.2. The summed E-state index contributed by atoms with van der Waals surface area (Å²) in [6, 6.07) is 14.8. The average Bonchev–Trinajstić information content (AvgIpc) is 3.13. The van der Waals surface area contributed by atoms with Gasteiger partial charge in [0, 0.05) is 16.9 Å². The van der Waals surface area contributed by atoms with Crippen molar-refractivity contribution in [2.45, 2.75) is 49.0 Å². The number of nitro groups is 1. The molecular weight excluding hydrogens is 507 g/mol. The second kappa shape index (κ2) is 9.06. The number of hydrogen-bond donors (Lipinski definition) is 1. The number of ether oxygens (including phenoxy) is 1. The monoisotopic (exact) mass is 532 g/mol. The number of benzene rings is 2. The maximum Gasteiger partial charge on any atom is 0.328 e. The molecule has 0 aliphatic heterocycles. The van der Waals surface area contributed by atoms with Gasteiger partial charge in [0.25, 0.3) is 15.7 Å². The highest BCUT2D eigenvalue weighted by Crippen LogP contribution is 2.59. The smallest absolute Gasteiger partial charge is 0.328 e. The summed E-state index contributed by atoms with van der Waals surface area (Å²) in [6.45, 7) is 6.89. The van der Waals surface area contributed by atoms with Gasteiger partial charge in [-0.3, -0.25) is 10.1 Å². The number of nitrogens with one attached hydrogen (secondary N) is 1. The molecule has 1 N–H and O–H groups in total. The van der Waals surface area contributed by atoms with Gasteiger partial charge in [-0.2, -0.15) is 4.72 Å². The fraction of sp³-hybridized carbons (Fsp3) is 0.320. The lowest BCUT2D eigenvalue weighted by atomic mass is 10.1. The first-order chi connectivity index (χ1) is 16.8. The second-order valence-electron chi connectivity index (χ2n) is 9.69. The van der Waals surface area contributed by atoms with Gasteiger partial charge in [-0.15, -0.1) is 11.3 Å². The summed E-state index contributed by atoms with van der Waals surface area (Å²) in [7, 11) is -4.26. The van der Waals surface area contributed by atoms with Crippen molar-refractivity contribution in [3.05, 3.63) is 82.2 Å². The topological polar surface area (TPSA) is 116 Å². The van der Waals surface area contributed by atoms with Gasteiger partial charge in [0.2, 0.25) is 0 Å². The minimum Gasteiger partial charge on any atom is -0.459 e. The molecule has 0 spiro atoms. The highest BCUT2D eigenvalue weighted by Gasteiger charge is 2.71. The van der Waals surface area contributed by atoms with Crippen molar-refractivity contribution < 1.29 is 27.3 Å². The van der Waals surface area contributed by atoms with Gasteiger partial charge in [0.15, 0.2) is 0 Å². The lowest BCUT2D eigenvalue weighted by Gasteiger charge is -2.25. The number of rotatable bonds is 7. The van der Waals surface area contributed by atoms with Gasteiger partial charge in [-0.25, -0.2) is 17.6 Å². The van der Waals surface area contributed by atoms with Crippen LogP contribution in [0.3, 0.4) is 0 Å². The van der Waals surface area contributed by atoms with Gasteiger partial charge in [0.05, 0.1) is 10.5 Å². The molecule has 1 heterocycles. The van der Waals surface area contributed by atoms with E-state index in [1.807, 2.05) is 30.3 Å². The number of carbonyl (C=O) groups is 1. The first-order valence-electron chi connectivity index (χ1n) is 11.1. The molecule has 0 saturated heterocycles. The second-order valence-corrected chi connectivity index (χ2v) is 12.7. The van der Waals surface area contributed by atoms with E-state index in [2.05, 4.69) is 4.72 Å².